The van der Waals surface area contributed by atoms with E-state index in [1.165, 1.54) is 46.2 Å². The standard InChI is InChI=1S/C42H28Cl4N2O2S5/c1-21-15-29(25-9-5-7-23(19-25)27-11-13-33(43)47-39(27)45)35-31(17-21)53-41(51-3)37(35)55(49,50)38-36-30(16-22(2)18-32(36)54-42(38)52-4)26-10-6-8-24(20-26)28-12-14-34(44)48-40(28)46/h5-20H,1-4H3. The van der Waals surface area contributed by atoms with Gasteiger partial charge in [-0.1, -0.05) is 94.9 Å². The number of thioether (sulfide) groups is 2. The molecule has 4 nitrogen and oxygen atoms in total. The molecule has 276 valence electrons. The van der Waals surface area contributed by atoms with Gasteiger partial charge in [0.05, 0.1) is 8.42 Å². The number of aryl methyl sites for hydroxylation is 2. The van der Waals surface area contributed by atoms with E-state index in [1.807, 2.05) is 87.0 Å². The Balaban J connectivity index is 1.38. The summed E-state index contributed by atoms with van der Waals surface area (Å²) in [5.41, 5.74) is 8.58. The van der Waals surface area contributed by atoms with E-state index < -0.39 is 9.84 Å². The summed E-state index contributed by atoms with van der Waals surface area (Å²) in [6.45, 7) is 4.07. The van der Waals surface area contributed by atoms with E-state index in [9.17, 15) is 0 Å². The Morgan fingerprint density at radius 1 is 0.527 bits per heavy atom. The second-order valence-electron chi connectivity index (χ2n) is 12.8. The lowest BCUT2D eigenvalue weighted by Gasteiger charge is -2.14. The van der Waals surface area contributed by atoms with Gasteiger partial charge in [0, 0.05) is 31.3 Å². The van der Waals surface area contributed by atoms with Crippen LogP contribution in [0.5, 0.6) is 0 Å². The minimum atomic E-state index is -4.14. The van der Waals surface area contributed by atoms with Crippen LogP contribution in [-0.4, -0.2) is 30.9 Å². The highest BCUT2D eigenvalue weighted by Crippen LogP contribution is 2.52. The molecule has 0 atom stereocenters. The molecule has 0 aliphatic rings. The number of sulfone groups is 1. The second kappa shape index (κ2) is 15.3. The number of rotatable bonds is 8. The minimum Gasteiger partial charge on any atom is -0.224 e. The van der Waals surface area contributed by atoms with Gasteiger partial charge >= 0.3 is 0 Å². The fourth-order valence-corrected chi connectivity index (χ4v) is 15.3. The highest BCUT2D eigenvalue weighted by Gasteiger charge is 2.34. The molecule has 4 heterocycles. The van der Waals surface area contributed by atoms with Crippen LogP contribution >= 0.6 is 92.6 Å². The maximum absolute atomic E-state index is 15.7. The van der Waals surface area contributed by atoms with Gasteiger partial charge in [-0.2, -0.15) is 0 Å². The van der Waals surface area contributed by atoms with Crippen molar-refractivity contribution in [3.8, 4) is 44.5 Å². The zero-order valence-electron chi connectivity index (χ0n) is 29.5. The summed E-state index contributed by atoms with van der Waals surface area (Å²) in [7, 11) is -4.14. The minimum absolute atomic E-state index is 0.293. The first-order chi connectivity index (χ1) is 26.4. The lowest BCUT2D eigenvalue weighted by Crippen LogP contribution is -2.04. The molecule has 0 aliphatic carbocycles. The van der Waals surface area contributed by atoms with Crippen LogP contribution in [0.15, 0.2) is 115 Å². The summed E-state index contributed by atoms with van der Waals surface area (Å²) in [5.74, 6) is 0. The quantitative estimate of drug-likeness (QED) is 0.112. The van der Waals surface area contributed by atoms with Gasteiger partial charge in [-0.3, -0.25) is 0 Å². The Hall–Kier alpha value is -3.09. The number of fused-ring (bicyclic) bond motifs is 2. The van der Waals surface area contributed by atoms with Crippen LogP contribution in [0, 0.1) is 13.8 Å². The summed E-state index contributed by atoms with van der Waals surface area (Å²) in [6.07, 6.45) is 3.87. The average molecular weight is 895 g/mol. The molecule has 0 unspecified atom stereocenters. The van der Waals surface area contributed by atoms with E-state index in [4.69, 9.17) is 46.4 Å². The molecule has 0 saturated heterocycles. The van der Waals surface area contributed by atoms with Gasteiger partial charge in [0.15, 0.2) is 0 Å². The van der Waals surface area contributed by atoms with Gasteiger partial charge in [-0.05, 0) is 119 Å². The maximum Gasteiger partial charge on any atom is 0.211 e. The number of pyridine rings is 2. The molecule has 55 heavy (non-hydrogen) atoms. The predicted octanol–water partition coefficient (Wildman–Crippen LogP) is 15.1. The van der Waals surface area contributed by atoms with E-state index in [0.717, 1.165) is 73.5 Å². The number of aromatic nitrogens is 2. The number of benzene rings is 4. The van der Waals surface area contributed by atoms with Crippen molar-refractivity contribution >= 4 is 123 Å². The predicted molar refractivity (Wildman–Crippen MR) is 240 cm³/mol. The zero-order valence-corrected chi connectivity index (χ0v) is 36.6. The fourth-order valence-electron chi connectivity index (χ4n) is 6.91. The molecule has 0 radical (unpaired) electrons. The number of hydrogen-bond donors (Lipinski definition) is 0. The smallest absolute Gasteiger partial charge is 0.211 e. The van der Waals surface area contributed by atoms with Crippen LogP contribution in [0.3, 0.4) is 0 Å². The van der Waals surface area contributed by atoms with Gasteiger partial charge in [0.2, 0.25) is 9.84 Å². The van der Waals surface area contributed by atoms with Crippen LogP contribution in [0.2, 0.25) is 20.6 Å². The zero-order chi connectivity index (χ0) is 38.8. The number of hydrogen-bond acceptors (Lipinski definition) is 8. The van der Waals surface area contributed by atoms with Gasteiger partial charge in [-0.15, -0.1) is 46.2 Å². The molecule has 0 N–H and O–H groups in total. The largest absolute Gasteiger partial charge is 0.224 e. The van der Waals surface area contributed by atoms with Gasteiger partial charge in [0.1, 0.15) is 30.4 Å². The van der Waals surface area contributed by atoms with Crippen molar-refractivity contribution in [1.29, 1.82) is 0 Å². The molecule has 0 amide bonds. The van der Waals surface area contributed by atoms with Crippen molar-refractivity contribution in [1.82, 2.24) is 9.97 Å². The third-order valence-corrected chi connectivity index (χ3v) is 17.1. The second-order valence-corrected chi connectivity index (χ2v) is 20.4. The highest BCUT2D eigenvalue weighted by molar-refractivity contribution is 8.03. The first-order valence-electron chi connectivity index (χ1n) is 16.7. The van der Waals surface area contributed by atoms with Crippen molar-refractivity contribution in [3.05, 3.63) is 129 Å². The summed E-state index contributed by atoms with van der Waals surface area (Å²) < 4.78 is 34.7. The van der Waals surface area contributed by atoms with Crippen molar-refractivity contribution in [2.24, 2.45) is 0 Å². The molecule has 13 heteroatoms. The Morgan fingerprint density at radius 3 is 1.27 bits per heavy atom. The van der Waals surface area contributed by atoms with Crippen molar-refractivity contribution < 1.29 is 8.42 Å². The van der Waals surface area contributed by atoms with E-state index >= 15 is 8.42 Å². The monoisotopic (exact) mass is 892 g/mol. The van der Waals surface area contributed by atoms with Crippen LogP contribution in [0.25, 0.3) is 64.7 Å². The van der Waals surface area contributed by atoms with E-state index in [2.05, 4.69) is 34.2 Å². The van der Waals surface area contributed by atoms with E-state index in [0.29, 0.717) is 41.2 Å². The van der Waals surface area contributed by atoms with Crippen LogP contribution in [0.4, 0.5) is 0 Å². The third-order valence-electron chi connectivity index (χ3n) is 9.23. The van der Waals surface area contributed by atoms with Crippen molar-refractivity contribution in [2.75, 3.05) is 12.5 Å². The molecule has 4 aromatic carbocycles. The van der Waals surface area contributed by atoms with Crippen LogP contribution < -0.4 is 0 Å². The Kier molecular flexibility index (Phi) is 10.8. The number of nitrogens with zero attached hydrogens (tertiary/aromatic N) is 2. The fraction of sp³-hybridized carbons (Fsp3) is 0.0952. The number of halogens is 4. The first-order valence-corrected chi connectivity index (χ1v) is 23.8. The molecule has 0 aliphatic heterocycles. The molecular formula is C42H28Cl4N2O2S5. The maximum atomic E-state index is 15.7. The summed E-state index contributed by atoms with van der Waals surface area (Å²) in [4.78, 5) is 9.13. The first kappa shape index (κ1) is 38.8. The molecule has 0 fully saturated rings. The van der Waals surface area contributed by atoms with Crippen molar-refractivity contribution in [3.63, 3.8) is 0 Å². The van der Waals surface area contributed by atoms with Crippen LogP contribution in [0.1, 0.15) is 11.1 Å². The number of thiophene rings is 2. The molecule has 4 aromatic heterocycles. The van der Waals surface area contributed by atoms with Gasteiger partial charge in [-0.25, -0.2) is 18.4 Å². The SMILES string of the molecule is CSc1sc2cc(C)cc(-c3cccc(-c4ccc(Cl)nc4Cl)c3)c2c1S(=O)(=O)c1c(SC)sc2cc(C)cc(-c3cccc(-c4ccc(Cl)nc4Cl)c3)c12. The Morgan fingerprint density at radius 2 is 0.909 bits per heavy atom. The van der Waals surface area contributed by atoms with E-state index in [1.54, 1.807) is 12.1 Å². The molecule has 8 aromatic rings. The van der Waals surface area contributed by atoms with Crippen molar-refractivity contribution in [2.45, 2.75) is 32.1 Å². The lowest BCUT2D eigenvalue weighted by molar-refractivity contribution is 0.595. The average Bonchev–Trinajstić information content (AvgIpc) is 3.73. The molecule has 8 rings (SSSR count). The Labute approximate surface area is 355 Å². The summed E-state index contributed by atoms with van der Waals surface area (Å²) >= 11 is 31.3. The highest BCUT2D eigenvalue weighted by atomic mass is 35.5. The lowest BCUT2D eigenvalue weighted by atomic mass is 9.96. The van der Waals surface area contributed by atoms with E-state index in [-0.39, 0.29) is 0 Å². The molecule has 0 saturated carbocycles. The topological polar surface area (TPSA) is 59.9 Å². The molecule has 0 bridgehead atoms. The Bertz CT molecular complexity index is 2770. The third kappa shape index (κ3) is 7.11. The summed E-state index contributed by atoms with van der Waals surface area (Å²) in [5, 5.41) is 2.60. The molecule has 0 spiro atoms. The van der Waals surface area contributed by atoms with Gasteiger partial charge < -0.3 is 0 Å². The summed E-state index contributed by atoms with van der Waals surface area (Å²) in [6, 6.07) is 31.3. The van der Waals surface area contributed by atoms with Crippen LogP contribution in [-0.2, 0) is 9.84 Å². The normalized spacial score (nSPS) is 11.9. The van der Waals surface area contributed by atoms with Gasteiger partial charge in [0.25, 0.3) is 0 Å². The molecular weight excluding hydrogens is 867 g/mol.